The molecule has 0 unspecified atom stereocenters. The number of aryl methyl sites for hydroxylation is 2. The molecule has 1 aliphatic heterocycles. The first-order chi connectivity index (χ1) is 16.2. The van der Waals surface area contributed by atoms with E-state index in [0.717, 1.165) is 10.5 Å². The van der Waals surface area contributed by atoms with Crippen LogP contribution >= 0.6 is 11.6 Å². The molecule has 0 bridgehead atoms. The molecule has 1 heterocycles. The number of carbonyl (C=O) groups excluding carboxylic acids is 3. The average molecular weight is 475 g/mol. The number of methoxy groups -OCH3 is 1. The van der Waals surface area contributed by atoms with Crippen molar-refractivity contribution in [2.75, 3.05) is 12.0 Å². The Morgan fingerprint density at radius 2 is 1.71 bits per heavy atom. The number of rotatable bonds is 5. The number of anilines is 1. The van der Waals surface area contributed by atoms with E-state index in [1.807, 2.05) is 12.1 Å². The number of urea groups is 1. The maximum atomic E-state index is 13.1. The number of barbiturate groups is 1. The summed E-state index contributed by atoms with van der Waals surface area (Å²) in [5, 5.41) is 2.58. The quantitative estimate of drug-likeness (QED) is 0.406. The summed E-state index contributed by atoms with van der Waals surface area (Å²) in [6, 6.07) is 17.4. The zero-order chi connectivity index (χ0) is 24.4. The molecule has 3 aromatic rings. The number of amides is 4. The molecule has 34 heavy (non-hydrogen) atoms. The molecule has 1 saturated heterocycles. The second kappa shape index (κ2) is 9.53. The smallest absolute Gasteiger partial charge is 0.335 e. The summed E-state index contributed by atoms with van der Waals surface area (Å²) in [4.78, 5) is 38.8. The summed E-state index contributed by atoms with van der Waals surface area (Å²) in [5.74, 6) is -0.846. The summed E-state index contributed by atoms with van der Waals surface area (Å²) in [6.07, 6.45) is 2.13. The Balaban J connectivity index is 1.66. The van der Waals surface area contributed by atoms with E-state index in [9.17, 15) is 14.4 Å². The molecular formula is C27H23ClN2O4. The lowest BCUT2D eigenvalue weighted by molar-refractivity contribution is -0.122. The minimum atomic E-state index is -0.823. The van der Waals surface area contributed by atoms with Gasteiger partial charge in [-0.3, -0.25) is 14.9 Å². The summed E-state index contributed by atoms with van der Waals surface area (Å²) < 4.78 is 5.59. The van der Waals surface area contributed by atoms with E-state index in [2.05, 4.69) is 37.4 Å². The summed E-state index contributed by atoms with van der Waals surface area (Å²) >= 11 is 6.01. The molecule has 0 aliphatic carbocycles. The highest BCUT2D eigenvalue weighted by Crippen LogP contribution is 2.28. The van der Waals surface area contributed by atoms with Gasteiger partial charge in [-0.2, -0.15) is 0 Å². The van der Waals surface area contributed by atoms with Gasteiger partial charge in [0.05, 0.1) is 12.8 Å². The molecule has 1 N–H and O–H groups in total. The standard InChI is InChI=1S/C27H23ClN2O4/c1-16-9-17(2)11-19(10-16)12-20-8-7-18(14-24(20)34-3)13-23-25(31)29-27(33)30(26(23)32)22-6-4-5-21(28)15-22/h4-11,13-15H,12H2,1-3H3,(H,29,31,33)/b23-13+. The minimum Gasteiger partial charge on any atom is -0.496 e. The van der Waals surface area contributed by atoms with Crippen molar-refractivity contribution in [2.45, 2.75) is 20.3 Å². The first-order valence-corrected chi connectivity index (χ1v) is 11.0. The normalized spacial score (nSPS) is 15.0. The predicted octanol–water partition coefficient (Wildman–Crippen LogP) is 5.22. The van der Waals surface area contributed by atoms with Crippen molar-refractivity contribution >= 4 is 41.2 Å². The van der Waals surface area contributed by atoms with Crippen LogP contribution in [0.3, 0.4) is 0 Å². The summed E-state index contributed by atoms with van der Waals surface area (Å²) in [5.41, 5.74) is 5.23. The first kappa shape index (κ1) is 23.3. The second-order valence-electron chi connectivity index (χ2n) is 8.18. The van der Waals surface area contributed by atoms with Crippen molar-refractivity contribution in [3.8, 4) is 5.75 Å². The fourth-order valence-electron chi connectivity index (χ4n) is 4.06. The Morgan fingerprint density at radius 3 is 2.38 bits per heavy atom. The van der Waals surface area contributed by atoms with Gasteiger partial charge >= 0.3 is 6.03 Å². The van der Waals surface area contributed by atoms with Crippen LogP contribution in [0.4, 0.5) is 10.5 Å². The van der Waals surface area contributed by atoms with Crippen LogP contribution in [-0.4, -0.2) is 25.0 Å². The molecule has 0 spiro atoms. The van der Waals surface area contributed by atoms with Crippen LogP contribution in [0.2, 0.25) is 5.02 Å². The van der Waals surface area contributed by atoms with Crippen LogP contribution in [0.15, 0.2) is 66.2 Å². The van der Waals surface area contributed by atoms with E-state index < -0.39 is 17.8 Å². The van der Waals surface area contributed by atoms with Gasteiger partial charge in [0, 0.05) is 11.4 Å². The van der Waals surface area contributed by atoms with Gasteiger partial charge in [-0.1, -0.05) is 59.1 Å². The fraction of sp³-hybridized carbons (Fsp3) is 0.148. The maximum Gasteiger partial charge on any atom is 0.335 e. The van der Waals surface area contributed by atoms with Crippen LogP contribution < -0.4 is 15.0 Å². The number of benzene rings is 3. The Morgan fingerprint density at radius 1 is 0.971 bits per heavy atom. The lowest BCUT2D eigenvalue weighted by Crippen LogP contribution is -2.54. The zero-order valence-electron chi connectivity index (χ0n) is 19.0. The molecule has 4 amide bonds. The highest BCUT2D eigenvalue weighted by molar-refractivity contribution is 6.39. The molecule has 1 aliphatic rings. The highest BCUT2D eigenvalue weighted by Gasteiger charge is 2.36. The molecular weight excluding hydrogens is 452 g/mol. The summed E-state index contributed by atoms with van der Waals surface area (Å²) in [6.45, 7) is 4.12. The molecule has 4 rings (SSSR count). The van der Waals surface area contributed by atoms with Crippen LogP contribution in [-0.2, 0) is 16.0 Å². The maximum absolute atomic E-state index is 13.1. The third-order valence-corrected chi connectivity index (χ3v) is 5.70. The van der Waals surface area contributed by atoms with E-state index in [0.29, 0.717) is 22.8 Å². The fourth-order valence-corrected chi connectivity index (χ4v) is 4.25. The molecule has 6 nitrogen and oxygen atoms in total. The van der Waals surface area contributed by atoms with E-state index in [4.69, 9.17) is 16.3 Å². The van der Waals surface area contributed by atoms with Gasteiger partial charge in [0.15, 0.2) is 0 Å². The van der Waals surface area contributed by atoms with Crippen molar-refractivity contribution in [3.63, 3.8) is 0 Å². The van der Waals surface area contributed by atoms with Crippen molar-refractivity contribution in [1.29, 1.82) is 0 Å². The number of imide groups is 2. The van der Waals surface area contributed by atoms with Crippen molar-refractivity contribution < 1.29 is 19.1 Å². The number of ether oxygens (including phenoxy) is 1. The third-order valence-electron chi connectivity index (χ3n) is 5.47. The molecule has 3 aromatic carbocycles. The van der Waals surface area contributed by atoms with E-state index in [1.54, 1.807) is 31.4 Å². The monoisotopic (exact) mass is 474 g/mol. The Labute approximate surface area is 202 Å². The van der Waals surface area contributed by atoms with Gasteiger partial charge in [0.1, 0.15) is 11.3 Å². The Bertz CT molecular complexity index is 1330. The van der Waals surface area contributed by atoms with Gasteiger partial charge in [-0.15, -0.1) is 0 Å². The van der Waals surface area contributed by atoms with Crippen LogP contribution in [0.1, 0.15) is 27.8 Å². The lowest BCUT2D eigenvalue weighted by atomic mass is 9.98. The molecule has 0 saturated carbocycles. The molecule has 0 aromatic heterocycles. The largest absolute Gasteiger partial charge is 0.496 e. The van der Waals surface area contributed by atoms with Gasteiger partial charge in [0.2, 0.25) is 0 Å². The van der Waals surface area contributed by atoms with Crippen LogP contribution in [0, 0.1) is 13.8 Å². The highest BCUT2D eigenvalue weighted by atomic mass is 35.5. The number of hydrogen-bond donors (Lipinski definition) is 1. The lowest BCUT2D eigenvalue weighted by Gasteiger charge is -2.26. The Hall–Kier alpha value is -3.90. The van der Waals surface area contributed by atoms with Gasteiger partial charge in [-0.25, -0.2) is 9.69 Å². The number of nitrogens with one attached hydrogen (secondary N) is 1. The van der Waals surface area contributed by atoms with Gasteiger partial charge < -0.3 is 4.74 Å². The first-order valence-electron chi connectivity index (χ1n) is 10.7. The van der Waals surface area contributed by atoms with Crippen molar-refractivity contribution in [3.05, 3.63) is 99.1 Å². The number of halogens is 1. The molecule has 0 atom stereocenters. The predicted molar refractivity (Wildman–Crippen MR) is 132 cm³/mol. The van der Waals surface area contributed by atoms with Gasteiger partial charge in [0.25, 0.3) is 11.8 Å². The minimum absolute atomic E-state index is 0.163. The van der Waals surface area contributed by atoms with Crippen molar-refractivity contribution in [2.24, 2.45) is 0 Å². The number of hydrogen-bond acceptors (Lipinski definition) is 4. The molecule has 172 valence electrons. The van der Waals surface area contributed by atoms with Crippen molar-refractivity contribution in [1.82, 2.24) is 5.32 Å². The van der Waals surface area contributed by atoms with E-state index >= 15 is 0 Å². The molecule has 1 fully saturated rings. The zero-order valence-corrected chi connectivity index (χ0v) is 19.8. The van der Waals surface area contributed by atoms with E-state index in [1.165, 1.54) is 28.8 Å². The topological polar surface area (TPSA) is 75.7 Å². The average Bonchev–Trinajstić information content (AvgIpc) is 2.76. The second-order valence-corrected chi connectivity index (χ2v) is 8.62. The number of carbonyl (C=O) groups is 3. The van der Waals surface area contributed by atoms with Crippen LogP contribution in [0.25, 0.3) is 6.08 Å². The van der Waals surface area contributed by atoms with Crippen LogP contribution in [0.5, 0.6) is 5.75 Å². The molecule has 0 radical (unpaired) electrons. The van der Waals surface area contributed by atoms with Gasteiger partial charge in [-0.05, 0) is 60.9 Å². The SMILES string of the molecule is COc1cc(/C=C2\C(=O)NC(=O)N(c3cccc(Cl)c3)C2=O)ccc1Cc1cc(C)cc(C)c1. The third kappa shape index (κ3) is 4.87. The summed E-state index contributed by atoms with van der Waals surface area (Å²) in [7, 11) is 1.58. The van der Waals surface area contributed by atoms with E-state index in [-0.39, 0.29) is 11.3 Å². The molecule has 7 heteroatoms. The number of nitrogens with zero attached hydrogens (tertiary/aromatic N) is 1. The Kier molecular flexibility index (Phi) is 6.52.